The molecule has 3 heterocycles. The molecule has 24 nitrogen and oxygen atoms in total. The largest absolute Gasteiger partial charge is 0.481 e. The van der Waals surface area contributed by atoms with E-state index < -0.39 is 133 Å². The number of carboxylic acid groups (broad SMARTS) is 2. The Bertz CT molecular complexity index is 2800. The molecule has 2 aromatic carbocycles. The average Bonchev–Trinajstić information content (AvgIpc) is 2.48. The fourth-order valence-corrected chi connectivity index (χ4v) is 11.4. The number of carbonyl (C=O) groups is 7. The zero-order chi connectivity index (χ0) is 63.3. The van der Waals surface area contributed by atoms with Crippen LogP contribution in [0, 0.1) is 36.0 Å². The summed E-state index contributed by atoms with van der Waals surface area (Å²) in [5.41, 5.74) is 0.811. The van der Waals surface area contributed by atoms with E-state index >= 15 is 0 Å². The number of nitrogens with one attached hydrogen (secondary N) is 2. The number of benzene rings is 2. The maximum Gasteiger partial charge on any atom is 0.410 e. The molecule has 16 atom stereocenters. The smallest absolute Gasteiger partial charge is 0.410 e. The number of terminal acetylenes is 1. The Labute approximate surface area is 496 Å². The maximum absolute atomic E-state index is 14.9. The van der Waals surface area contributed by atoms with Gasteiger partial charge in [0.05, 0.1) is 67.0 Å². The Morgan fingerprint density at radius 3 is 2.11 bits per heavy atom. The molecule has 0 aliphatic carbocycles. The highest BCUT2D eigenvalue weighted by atomic mass is 16.7. The lowest BCUT2D eigenvalue weighted by atomic mass is 9.89. The van der Waals surface area contributed by atoms with Crippen LogP contribution >= 0.6 is 0 Å². The number of rotatable bonds is 29. The molecule has 0 bridgehead atoms. The van der Waals surface area contributed by atoms with Crippen molar-refractivity contribution in [3.8, 4) is 18.1 Å². The van der Waals surface area contributed by atoms with Gasteiger partial charge in [0.15, 0.2) is 6.10 Å². The molecule has 5 amide bonds. The molecule has 8 N–H and O–H groups in total. The minimum Gasteiger partial charge on any atom is -0.481 e. The average molecular weight is 1190 g/mol. The Hall–Kier alpha value is -6.85. The van der Waals surface area contributed by atoms with Crippen LogP contribution in [0.2, 0.25) is 0 Å². The molecule has 85 heavy (non-hydrogen) atoms. The number of hydrogen-bond donors (Lipinski definition) is 8. The van der Waals surface area contributed by atoms with Gasteiger partial charge in [0.2, 0.25) is 29.9 Å². The number of likely N-dealkylation sites (tertiary alicyclic amines) is 1. The van der Waals surface area contributed by atoms with Crippen molar-refractivity contribution in [2.45, 2.75) is 186 Å². The van der Waals surface area contributed by atoms with Crippen LogP contribution in [-0.2, 0) is 54.1 Å². The molecule has 2 saturated heterocycles. The third-order valence-electron chi connectivity index (χ3n) is 16.3. The lowest BCUT2D eigenvalue weighted by Crippen LogP contribution is -2.61. The first-order valence-corrected chi connectivity index (χ1v) is 28.8. The van der Waals surface area contributed by atoms with Crippen molar-refractivity contribution >= 4 is 52.6 Å². The Morgan fingerprint density at radius 1 is 0.859 bits per heavy atom. The number of aliphatic carboxylic acids is 2. The van der Waals surface area contributed by atoms with Gasteiger partial charge in [0, 0.05) is 46.8 Å². The molecule has 1 unspecified atom stereocenters. The summed E-state index contributed by atoms with van der Waals surface area (Å²) in [5, 5.41) is 67.4. The van der Waals surface area contributed by atoms with Crippen LogP contribution in [0.15, 0.2) is 52.9 Å². The number of amides is 5. The van der Waals surface area contributed by atoms with Crippen molar-refractivity contribution in [3.05, 3.63) is 65.4 Å². The number of aliphatic hydroxyl groups is 4. The van der Waals surface area contributed by atoms with Gasteiger partial charge in [-0.05, 0) is 61.3 Å². The Kier molecular flexibility index (Phi) is 25.1. The molecule has 0 spiro atoms. The first-order chi connectivity index (χ1) is 40.1. The van der Waals surface area contributed by atoms with Gasteiger partial charge in [-0.15, -0.1) is 12.3 Å². The Balaban J connectivity index is 1.33. The predicted molar refractivity (Wildman–Crippen MR) is 308 cm³/mol. The van der Waals surface area contributed by atoms with Gasteiger partial charge in [-0.3, -0.25) is 28.9 Å². The van der Waals surface area contributed by atoms with Gasteiger partial charge in [-0.1, -0.05) is 85.2 Å². The van der Waals surface area contributed by atoms with E-state index in [0.717, 1.165) is 4.90 Å². The number of aliphatic hydroxyl groups excluding tert-OH is 4. The van der Waals surface area contributed by atoms with Gasteiger partial charge < -0.3 is 79.2 Å². The van der Waals surface area contributed by atoms with Crippen LogP contribution in [0.3, 0.4) is 0 Å². The highest BCUT2D eigenvalue weighted by molar-refractivity contribution is 5.92. The zero-order valence-corrected chi connectivity index (χ0v) is 50.6. The number of hydrogen-bond acceptors (Lipinski definition) is 17. The maximum atomic E-state index is 14.9. The van der Waals surface area contributed by atoms with Crippen LogP contribution in [0.5, 0.6) is 5.75 Å². The summed E-state index contributed by atoms with van der Waals surface area (Å²) in [6, 6.07) is 9.04. The summed E-state index contributed by atoms with van der Waals surface area (Å²) in [6.45, 7) is 14.7. The van der Waals surface area contributed by atoms with E-state index in [1.54, 1.807) is 77.8 Å². The Morgan fingerprint density at radius 2 is 1.53 bits per heavy atom. The normalized spacial score (nSPS) is 22.4. The summed E-state index contributed by atoms with van der Waals surface area (Å²) < 4.78 is 35.4. The molecule has 1 aromatic heterocycles. The summed E-state index contributed by atoms with van der Waals surface area (Å²) in [4.78, 5) is 99.7. The molecular weight excluding hydrogens is 1110 g/mol. The summed E-state index contributed by atoms with van der Waals surface area (Å²) in [7, 11) is 5.92. The molecule has 2 aliphatic rings. The number of furan rings is 1. The van der Waals surface area contributed by atoms with Crippen LogP contribution < -0.4 is 15.4 Å². The number of likely N-dealkylation sites (N-methyl/N-ethyl adjacent to an activating group) is 2. The van der Waals surface area contributed by atoms with Gasteiger partial charge in [-0.2, -0.15) is 0 Å². The van der Waals surface area contributed by atoms with Gasteiger partial charge in [0.25, 0.3) is 0 Å². The highest BCUT2D eigenvalue weighted by Crippen LogP contribution is 2.39. The fourth-order valence-electron chi connectivity index (χ4n) is 11.4. The van der Waals surface area contributed by atoms with Gasteiger partial charge in [0.1, 0.15) is 53.6 Å². The number of ether oxygens (including phenoxy) is 5. The molecule has 2 aliphatic heterocycles. The lowest BCUT2D eigenvalue weighted by Gasteiger charge is -2.41. The third-order valence-corrected chi connectivity index (χ3v) is 16.3. The van der Waals surface area contributed by atoms with Crippen molar-refractivity contribution < 1.29 is 92.3 Å². The van der Waals surface area contributed by atoms with Gasteiger partial charge >= 0.3 is 18.0 Å². The minimum absolute atomic E-state index is 0.00979. The van der Waals surface area contributed by atoms with Crippen LogP contribution in [-0.4, -0.2) is 195 Å². The second-order valence-electron chi connectivity index (χ2n) is 22.9. The third kappa shape index (κ3) is 16.6. The number of aryl methyl sites for hydroxylation is 1. The van der Waals surface area contributed by atoms with Crippen LogP contribution in [0.25, 0.3) is 11.0 Å². The number of methoxy groups -OCH3 is 2. The number of nitrogens with zero attached hydrogens (tertiary/aromatic N) is 3. The quantitative estimate of drug-likeness (QED) is 0.0452. The minimum atomic E-state index is -2.00. The molecule has 24 heteroatoms. The van der Waals surface area contributed by atoms with Crippen molar-refractivity contribution in [1.29, 1.82) is 0 Å². The first kappa shape index (κ1) is 68.9. The second-order valence-corrected chi connectivity index (χ2v) is 22.9. The van der Waals surface area contributed by atoms with E-state index in [9.17, 15) is 64.2 Å². The van der Waals surface area contributed by atoms with E-state index in [1.807, 2.05) is 19.9 Å². The van der Waals surface area contributed by atoms with Crippen molar-refractivity contribution in [1.82, 2.24) is 25.3 Å². The molecule has 470 valence electrons. The van der Waals surface area contributed by atoms with Crippen molar-refractivity contribution in [3.63, 3.8) is 0 Å². The second kappa shape index (κ2) is 31.0. The topological polar surface area (TPSA) is 334 Å². The molecular formula is C61H87N5O19. The SMILES string of the molecule is C#CCC(OC(=O)N(C)[C@H](C(=O)N[C@H](C(=O)N(C)[C@@H]([C@@H](C)CC)[C@@H](CC(=O)N1CCC[C@H]1[C@H](OC)[C@@H](C)C(=O)N[C@H](C)[C@@H](O)c1ccccc1)OC)C(C)C)C(C)C)c1ccc(O[C@@H]2O[C@H](C(=O)O)[C@@H](O)[C@H](O)[C@H]2O)c2cc(CCC(=O)O)oc12. The lowest BCUT2D eigenvalue weighted by molar-refractivity contribution is -0.270. The first-order valence-electron chi connectivity index (χ1n) is 28.8. The van der Waals surface area contributed by atoms with Crippen molar-refractivity contribution in [2.75, 3.05) is 34.9 Å². The van der Waals surface area contributed by atoms with Crippen molar-refractivity contribution in [2.24, 2.45) is 23.7 Å². The standard InChI is InChI=1S/C61H87N5O19/c1-14-20-41(38-25-26-42(39-29-37(82-54(38)39)24-27-45(68)69)83-60-52(73)50(71)51(72)55(85-60)59(77)78)84-61(79)65(11)47(32(5)6)57(75)63-46(31(3)4)58(76)64(10)48(33(7)15-2)43(80-12)30-44(67)66-28-19-23-40(66)53(81-13)34(8)56(74)62-35(9)49(70)36-21-17-16-18-22-36/h1,16-18,21-22,25-26,29,31-35,40-41,43,46-53,55,60,70-73H,15,19-20,23-24,27-28,30H2,2-13H3,(H,62,74)(H,63,75)(H,68,69)(H,77,78)/t33-,34+,35+,40-,41?,43+,46-,47-,48-,49+,50-,51-,52+,53+,55-,60+/m0/s1. The highest BCUT2D eigenvalue weighted by Gasteiger charge is 2.49. The predicted octanol–water partition coefficient (Wildman–Crippen LogP) is 4.18. The van der Waals surface area contributed by atoms with E-state index in [-0.39, 0.29) is 71.5 Å². The molecule has 5 rings (SSSR count). The molecule has 0 radical (unpaired) electrons. The summed E-state index contributed by atoms with van der Waals surface area (Å²) in [6.07, 6.45) is -7.70. The van der Waals surface area contributed by atoms with Crippen LogP contribution in [0.1, 0.15) is 123 Å². The van der Waals surface area contributed by atoms with E-state index in [1.165, 1.54) is 44.4 Å². The number of carbonyl (C=O) groups excluding carboxylic acids is 5. The van der Waals surface area contributed by atoms with Crippen LogP contribution in [0.4, 0.5) is 4.79 Å². The summed E-state index contributed by atoms with van der Waals surface area (Å²) in [5.74, 6) is -4.03. The number of fused-ring (bicyclic) bond motifs is 1. The molecule has 2 fully saturated rings. The fraction of sp³-hybridized carbons (Fsp3) is 0.623. The number of carboxylic acids is 2. The summed E-state index contributed by atoms with van der Waals surface area (Å²) >= 11 is 0. The monoisotopic (exact) mass is 1190 g/mol. The molecule has 0 saturated carbocycles. The van der Waals surface area contributed by atoms with E-state index in [0.29, 0.717) is 31.4 Å². The van der Waals surface area contributed by atoms with Gasteiger partial charge in [-0.25, -0.2) is 9.59 Å². The van der Waals surface area contributed by atoms with E-state index in [4.69, 9.17) is 34.5 Å². The molecule has 3 aromatic rings. The van der Waals surface area contributed by atoms with E-state index in [2.05, 4.69) is 16.6 Å². The zero-order valence-electron chi connectivity index (χ0n) is 50.6.